The molecule has 1 saturated carbocycles. The summed E-state index contributed by atoms with van der Waals surface area (Å²) in [5.74, 6) is -0.799. The molecule has 1 aromatic heterocycles. The molecule has 1 aliphatic rings. The van der Waals surface area contributed by atoms with E-state index in [1.165, 1.54) is 17.4 Å². The Kier molecular flexibility index (Phi) is 4.15. The lowest BCUT2D eigenvalue weighted by Gasteiger charge is -2.06. The van der Waals surface area contributed by atoms with E-state index in [0.29, 0.717) is 28.0 Å². The predicted octanol–water partition coefficient (Wildman–Crippen LogP) is 4.01. The molecule has 3 nitrogen and oxygen atoms in total. The van der Waals surface area contributed by atoms with Crippen molar-refractivity contribution in [3.05, 3.63) is 50.1 Å². The van der Waals surface area contributed by atoms with Gasteiger partial charge in [0.2, 0.25) is 5.91 Å². The summed E-state index contributed by atoms with van der Waals surface area (Å²) in [5.41, 5.74) is 0.445. The Labute approximate surface area is 135 Å². The van der Waals surface area contributed by atoms with E-state index in [4.69, 9.17) is 23.2 Å². The average molecular weight is 345 g/mol. The van der Waals surface area contributed by atoms with Crippen molar-refractivity contribution in [1.29, 1.82) is 0 Å². The number of rotatable bonds is 4. The molecular weight excluding hydrogens is 334 g/mol. The zero-order valence-electron chi connectivity index (χ0n) is 10.8. The molecule has 21 heavy (non-hydrogen) atoms. The number of benzene rings is 1. The highest BCUT2D eigenvalue weighted by Crippen LogP contribution is 2.50. The van der Waals surface area contributed by atoms with Gasteiger partial charge in [-0.2, -0.15) is 0 Å². The Balaban J connectivity index is 1.61. The number of amides is 1. The molecule has 1 fully saturated rings. The molecule has 3 rings (SSSR count). The molecule has 1 aromatic carbocycles. The Hall–Kier alpha value is -1.17. The van der Waals surface area contributed by atoms with Gasteiger partial charge >= 0.3 is 0 Å². The van der Waals surface area contributed by atoms with Gasteiger partial charge in [-0.15, -0.1) is 11.3 Å². The Bertz CT molecular complexity index is 671. The van der Waals surface area contributed by atoms with Gasteiger partial charge in [0.05, 0.1) is 6.54 Å². The number of hydrogen-bond acceptors (Lipinski definition) is 3. The second kappa shape index (κ2) is 5.91. The van der Waals surface area contributed by atoms with Crippen LogP contribution in [0.2, 0.25) is 9.49 Å². The fourth-order valence-corrected chi connectivity index (χ4v) is 3.56. The van der Waals surface area contributed by atoms with Gasteiger partial charge in [-0.25, -0.2) is 9.37 Å². The van der Waals surface area contributed by atoms with E-state index in [9.17, 15) is 9.18 Å². The van der Waals surface area contributed by atoms with Crippen LogP contribution in [0.3, 0.4) is 0 Å². The van der Waals surface area contributed by atoms with Crippen molar-refractivity contribution in [1.82, 2.24) is 10.3 Å². The van der Waals surface area contributed by atoms with E-state index in [2.05, 4.69) is 10.3 Å². The van der Waals surface area contributed by atoms with Crippen molar-refractivity contribution in [3.63, 3.8) is 0 Å². The summed E-state index contributed by atoms with van der Waals surface area (Å²) in [5, 5.41) is 3.20. The Morgan fingerprint density at radius 1 is 1.48 bits per heavy atom. The molecule has 0 aliphatic heterocycles. The molecule has 2 aromatic rings. The van der Waals surface area contributed by atoms with E-state index < -0.39 is 0 Å². The number of hydrogen-bond donors (Lipinski definition) is 1. The summed E-state index contributed by atoms with van der Waals surface area (Å²) in [6, 6.07) is 4.58. The predicted molar refractivity (Wildman–Crippen MR) is 81.2 cm³/mol. The molecule has 1 N–H and O–H groups in total. The highest BCUT2D eigenvalue weighted by molar-refractivity contribution is 7.15. The van der Waals surface area contributed by atoms with Crippen molar-refractivity contribution in [2.24, 2.45) is 5.92 Å². The normalized spacial score (nSPS) is 20.3. The fraction of sp³-hybridized carbons (Fsp3) is 0.286. The van der Waals surface area contributed by atoms with Crippen LogP contribution in [0, 0.1) is 11.7 Å². The maximum absolute atomic E-state index is 13.8. The second-order valence-electron chi connectivity index (χ2n) is 4.88. The van der Waals surface area contributed by atoms with E-state index in [1.807, 2.05) is 0 Å². The molecular formula is C14H11Cl2FN2OS. The molecule has 110 valence electrons. The third-order valence-electron chi connectivity index (χ3n) is 3.46. The average Bonchev–Trinajstić information content (AvgIpc) is 3.11. The minimum Gasteiger partial charge on any atom is -0.351 e. The maximum atomic E-state index is 13.8. The molecule has 2 atom stereocenters. The minimum atomic E-state index is -0.350. The van der Waals surface area contributed by atoms with E-state index in [0.717, 1.165) is 4.88 Å². The van der Waals surface area contributed by atoms with Crippen LogP contribution < -0.4 is 5.32 Å². The van der Waals surface area contributed by atoms with Crippen LogP contribution in [0.4, 0.5) is 4.39 Å². The number of thiazole rings is 1. The summed E-state index contributed by atoms with van der Waals surface area (Å²) in [6.07, 6.45) is 2.25. The van der Waals surface area contributed by atoms with Crippen LogP contribution in [0.15, 0.2) is 24.4 Å². The zero-order valence-corrected chi connectivity index (χ0v) is 13.1. The van der Waals surface area contributed by atoms with Crippen LogP contribution in [0.1, 0.15) is 22.8 Å². The third kappa shape index (κ3) is 3.20. The van der Waals surface area contributed by atoms with Gasteiger partial charge in [-0.1, -0.05) is 29.3 Å². The number of carbonyl (C=O) groups is 1. The summed E-state index contributed by atoms with van der Waals surface area (Å²) in [7, 11) is 0. The summed E-state index contributed by atoms with van der Waals surface area (Å²) in [4.78, 5) is 16.9. The second-order valence-corrected chi connectivity index (χ2v) is 6.99. The molecule has 0 unspecified atom stereocenters. The Morgan fingerprint density at radius 3 is 2.95 bits per heavy atom. The quantitative estimate of drug-likeness (QED) is 0.910. The lowest BCUT2D eigenvalue weighted by molar-refractivity contribution is -0.122. The molecule has 1 amide bonds. The molecule has 7 heteroatoms. The van der Waals surface area contributed by atoms with E-state index >= 15 is 0 Å². The highest BCUT2D eigenvalue weighted by Gasteiger charge is 2.46. The van der Waals surface area contributed by atoms with Crippen LogP contribution in [0.25, 0.3) is 0 Å². The number of carbonyl (C=O) groups excluding carboxylic acids is 1. The van der Waals surface area contributed by atoms with Crippen molar-refractivity contribution in [2.45, 2.75) is 18.9 Å². The highest BCUT2D eigenvalue weighted by atomic mass is 35.5. The molecule has 1 aliphatic carbocycles. The van der Waals surface area contributed by atoms with Crippen LogP contribution in [-0.2, 0) is 11.3 Å². The number of nitrogens with zero attached hydrogens (tertiary/aromatic N) is 1. The monoisotopic (exact) mass is 344 g/mol. The molecule has 0 radical (unpaired) electrons. The fourth-order valence-electron chi connectivity index (χ4n) is 2.34. The molecule has 0 saturated heterocycles. The van der Waals surface area contributed by atoms with Gasteiger partial charge in [-0.3, -0.25) is 4.79 Å². The van der Waals surface area contributed by atoms with Gasteiger partial charge in [-0.05, 0) is 18.6 Å². The maximum Gasteiger partial charge on any atom is 0.224 e. The smallest absolute Gasteiger partial charge is 0.224 e. The van der Waals surface area contributed by atoms with Crippen LogP contribution >= 0.6 is 34.5 Å². The van der Waals surface area contributed by atoms with Gasteiger partial charge in [0.25, 0.3) is 0 Å². The summed E-state index contributed by atoms with van der Waals surface area (Å²) < 4.78 is 14.2. The first kappa shape index (κ1) is 14.8. The van der Waals surface area contributed by atoms with Gasteiger partial charge in [0.15, 0.2) is 4.47 Å². The van der Waals surface area contributed by atoms with Gasteiger partial charge in [0.1, 0.15) is 5.82 Å². The lowest BCUT2D eigenvalue weighted by Crippen LogP contribution is -2.24. The SMILES string of the molecule is O=C(NCc1cnc(Cl)s1)[C@H]1C[C@@H]1c1c(F)cccc1Cl. The van der Waals surface area contributed by atoms with Crippen LogP contribution in [0.5, 0.6) is 0 Å². The molecule has 1 heterocycles. The minimum absolute atomic E-state index is 0.0937. The van der Waals surface area contributed by atoms with Crippen molar-refractivity contribution in [2.75, 3.05) is 0 Å². The standard InChI is InChI=1S/C14H11Cl2FN2OS/c15-10-2-1-3-11(17)12(10)8-4-9(8)13(20)18-5-7-6-19-14(16)21-7/h1-3,6,8-9H,4-5H2,(H,18,20)/t8-,9-/m0/s1. The summed E-state index contributed by atoms with van der Waals surface area (Å²) >= 11 is 13.1. The zero-order chi connectivity index (χ0) is 15.0. The summed E-state index contributed by atoms with van der Waals surface area (Å²) in [6.45, 7) is 0.386. The van der Waals surface area contributed by atoms with Gasteiger partial charge in [0, 0.05) is 33.5 Å². The number of halogens is 3. The van der Waals surface area contributed by atoms with Crippen molar-refractivity contribution >= 4 is 40.4 Å². The largest absolute Gasteiger partial charge is 0.351 e. The topological polar surface area (TPSA) is 42.0 Å². The van der Waals surface area contributed by atoms with Gasteiger partial charge < -0.3 is 5.32 Å². The first-order valence-corrected chi connectivity index (χ1v) is 7.95. The van der Waals surface area contributed by atoms with E-state index in [1.54, 1.807) is 18.3 Å². The van der Waals surface area contributed by atoms with Crippen LogP contribution in [-0.4, -0.2) is 10.9 Å². The first-order chi connectivity index (χ1) is 10.1. The van der Waals surface area contributed by atoms with E-state index in [-0.39, 0.29) is 23.6 Å². The molecule has 0 spiro atoms. The number of aromatic nitrogens is 1. The molecule has 0 bridgehead atoms. The third-order valence-corrected chi connectivity index (χ3v) is 4.90. The number of nitrogens with one attached hydrogen (secondary N) is 1. The Morgan fingerprint density at radius 2 is 2.29 bits per heavy atom. The first-order valence-electron chi connectivity index (χ1n) is 6.38. The van der Waals surface area contributed by atoms with Crippen molar-refractivity contribution < 1.29 is 9.18 Å². The van der Waals surface area contributed by atoms with Crippen molar-refractivity contribution in [3.8, 4) is 0 Å². The lowest BCUT2D eigenvalue weighted by atomic mass is 10.1.